The first-order valence-electron chi connectivity index (χ1n) is 9.56. The summed E-state index contributed by atoms with van der Waals surface area (Å²) in [5.41, 5.74) is 1.96. The zero-order valence-corrected chi connectivity index (χ0v) is 17.0. The second kappa shape index (κ2) is 9.78. The molecule has 158 valence electrons. The zero-order chi connectivity index (χ0) is 21.5. The summed E-state index contributed by atoms with van der Waals surface area (Å²) in [6.45, 7) is 1.03. The van der Waals surface area contributed by atoms with E-state index in [1.807, 2.05) is 23.1 Å². The third-order valence-electron chi connectivity index (χ3n) is 4.73. The number of hydrogen-bond donors (Lipinski definition) is 1. The highest BCUT2D eigenvalue weighted by Crippen LogP contribution is 2.28. The van der Waals surface area contributed by atoms with Crippen molar-refractivity contribution in [1.29, 1.82) is 0 Å². The van der Waals surface area contributed by atoms with E-state index in [-0.39, 0.29) is 18.4 Å². The van der Waals surface area contributed by atoms with Gasteiger partial charge >= 0.3 is 5.97 Å². The average Bonchev–Trinajstić information content (AvgIpc) is 3.16. The Morgan fingerprint density at radius 2 is 1.93 bits per heavy atom. The number of esters is 1. The Bertz CT molecular complexity index is 943. The molecular formula is C22H24N2O6. The zero-order valence-electron chi connectivity index (χ0n) is 17.0. The molecule has 1 aliphatic rings. The van der Waals surface area contributed by atoms with Gasteiger partial charge in [0.2, 0.25) is 5.91 Å². The van der Waals surface area contributed by atoms with Gasteiger partial charge in [-0.15, -0.1) is 0 Å². The second-order valence-corrected chi connectivity index (χ2v) is 6.80. The fourth-order valence-corrected chi connectivity index (χ4v) is 3.17. The number of methoxy groups -OCH3 is 2. The number of carbonyl (C=O) groups is 3. The van der Waals surface area contributed by atoms with E-state index >= 15 is 0 Å². The van der Waals surface area contributed by atoms with Crippen LogP contribution in [0.15, 0.2) is 42.5 Å². The van der Waals surface area contributed by atoms with Gasteiger partial charge in [0.15, 0.2) is 18.1 Å². The summed E-state index contributed by atoms with van der Waals surface area (Å²) in [4.78, 5) is 37.6. The molecule has 0 aliphatic carbocycles. The molecule has 1 saturated heterocycles. The van der Waals surface area contributed by atoms with E-state index in [4.69, 9.17) is 9.47 Å². The first kappa shape index (κ1) is 21.2. The van der Waals surface area contributed by atoms with Gasteiger partial charge in [-0.1, -0.05) is 12.1 Å². The van der Waals surface area contributed by atoms with Gasteiger partial charge in [0.05, 0.1) is 14.2 Å². The summed E-state index contributed by atoms with van der Waals surface area (Å²) < 4.78 is 15.2. The first-order chi connectivity index (χ1) is 14.5. The molecule has 1 N–H and O–H groups in total. The molecule has 0 saturated carbocycles. The molecule has 0 spiro atoms. The quantitative estimate of drug-likeness (QED) is 0.670. The van der Waals surface area contributed by atoms with Crippen molar-refractivity contribution >= 4 is 23.5 Å². The average molecular weight is 412 g/mol. The molecule has 2 aromatic rings. The van der Waals surface area contributed by atoms with Gasteiger partial charge in [0.1, 0.15) is 0 Å². The van der Waals surface area contributed by atoms with Crippen LogP contribution in [0.25, 0.3) is 0 Å². The van der Waals surface area contributed by atoms with Crippen LogP contribution in [0.2, 0.25) is 0 Å². The third kappa shape index (κ3) is 5.28. The summed E-state index contributed by atoms with van der Waals surface area (Å²) in [6, 6.07) is 12.1. The molecule has 0 aromatic heterocycles. The molecule has 2 aromatic carbocycles. The topological polar surface area (TPSA) is 94.2 Å². The normalized spacial score (nSPS) is 13.1. The molecular weight excluding hydrogens is 388 g/mol. The van der Waals surface area contributed by atoms with Crippen molar-refractivity contribution in [2.45, 2.75) is 19.4 Å². The number of rotatable bonds is 8. The number of nitrogens with zero attached hydrogens (tertiary/aromatic N) is 1. The van der Waals surface area contributed by atoms with Crippen molar-refractivity contribution in [2.24, 2.45) is 0 Å². The fourth-order valence-electron chi connectivity index (χ4n) is 3.17. The number of likely N-dealkylation sites (tertiary alicyclic amines) is 1. The Balaban J connectivity index is 1.67. The summed E-state index contributed by atoms with van der Waals surface area (Å²) in [7, 11) is 2.72. The molecule has 30 heavy (non-hydrogen) atoms. The van der Waals surface area contributed by atoms with Crippen LogP contribution in [0.1, 0.15) is 28.8 Å². The predicted molar refractivity (Wildman–Crippen MR) is 110 cm³/mol. The Hall–Kier alpha value is -3.55. The maximum absolute atomic E-state index is 12.7. The number of benzene rings is 2. The van der Waals surface area contributed by atoms with Gasteiger partial charge in [-0.3, -0.25) is 9.59 Å². The molecule has 8 heteroatoms. The number of amides is 2. The summed E-state index contributed by atoms with van der Waals surface area (Å²) in [6.07, 6.45) is 1.48. The van der Waals surface area contributed by atoms with E-state index in [1.54, 1.807) is 18.2 Å². The Kier molecular flexibility index (Phi) is 6.90. The predicted octanol–water partition coefficient (Wildman–Crippen LogP) is 2.62. The van der Waals surface area contributed by atoms with E-state index in [0.717, 1.165) is 18.5 Å². The van der Waals surface area contributed by atoms with Crippen molar-refractivity contribution < 1.29 is 28.6 Å². The van der Waals surface area contributed by atoms with Gasteiger partial charge < -0.3 is 24.4 Å². The number of nitrogens with one attached hydrogen (secondary N) is 1. The minimum Gasteiger partial charge on any atom is -0.493 e. The highest BCUT2D eigenvalue weighted by atomic mass is 16.6. The van der Waals surface area contributed by atoms with Gasteiger partial charge in [-0.05, 0) is 42.3 Å². The lowest BCUT2D eigenvalue weighted by molar-refractivity contribution is -0.143. The van der Waals surface area contributed by atoms with E-state index in [2.05, 4.69) is 10.1 Å². The molecule has 2 amide bonds. The van der Waals surface area contributed by atoms with Crippen molar-refractivity contribution in [3.05, 3.63) is 53.6 Å². The number of ether oxygens (including phenoxy) is 3. The van der Waals surface area contributed by atoms with Crippen LogP contribution in [0.4, 0.5) is 5.69 Å². The highest BCUT2D eigenvalue weighted by Gasteiger charge is 2.20. The molecule has 1 heterocycles. The van der Waals surface area contributed by atoms with Crippen LogP contribution >= 0.6 is 0 Å². The van der Waals surface area contributed by atoms with Crippen LogP contribution in [0.3, 0.4) is 0 Å². The monoisotopic (exact) mass is 412 g/mol. The molecule has 8 nitrogen and oxygen atoms in total. The van der Waals surface area contributed by atoms with Crippen LogP contribution < -0.4 is 14.8 Å². The Morgan fingerprint density at radius 1 is 1.10 bits per heavy atom. The van der Waals surface area contributed by atoms with E-state index < -0.39 is 5.97 Å². The van der Waals surface area contributed by atoms with Crippen LogP contribution in [-0.2, 0) is 20.9 Å². The summed E-state index contributed by atoms with van der Waals surface area (Å²) >= 11 is 0. The summed E-state index contributed by atoms with van der Waals surface area (Å²) in [5, 5.41) is 2.85. The highest BCUT2D eigenvalue weighted by molar-refractivity contribution is 6.04. The first-order valence-corrected chi connectivity index (χ1v) is 9.56. The van der Waals surface area contributed by atoms with Gasteiger partial charge in [-0.25, -0.2) is 4.79 Å². The largest absolute Gasteiger partial charge is 0.493 e. The van der Waals surface area contributed by atoms with E-state index in [9.17, 15) is 14.4 Å². The fraction of sp³-hybridized carbons (Fsp3) is 0.318. The van der Waals surface area contributed by atoms with Gasteiger partial charge in [0.25, 0.3) is 5.91 Å². The maximum Gasteiger partial charge on any atom is 0.343 e. The summed E-state index contributed by atoms with van der Waals surface area (Å²) in [5.74, 6) is -0.0211. The molecule has 1 fully saturated rings. The minimum absolute atomic E-state index is 0.158. The number of anilines is 1. The van der Waals surface area contributed by atoms with E-state index in [0.29, 0.717) is 35.7 Å². The van der Waals surface area contributed by atoms with Gasteiger partial charge in [-0.2, -0.15) is 0 Å². The SMILES string of the molecule is COC(=O)COc1ccc(C(=O)Nc2cccc(CN3CCCC3=O)c2)cc1OC. The van der Waals surface area contributed by atoms with Crippen molar-refractivity contribution in [1.82, 2.24) is 4.90 Å². The smallest absolute Gasteiger partial charge is 0.343 e. The maximum atomic E-state index is 12.7. The lowest BCUT2D eigenvalue weighted by atomic mass is 10.1. The molecule has 0 atom stereocenters. The standard InChI is InChI=1S/C22H24N2O6/c1-28-19-12-16(8-9-18(19)30-14-21(26)29-2)22(27)23-17-6-3-5-15(11-17)13-24-10-4-7-20(24)25/h3,5-6,8-9,11-12H,4,7,10,13-14H2,1-2H3,(H,23,27). The number of carbonyl (C=O) groups excluding carboxylic acids is 3. The van der Waals surface area contributed by atoms with Crippen LogP contribution in [0, 0.1) is 0 Å². The molecule has 3 rings (SSSR count). The number of hydrogen-bond acceptors (Lipinski definition) is 6. The third-order valence-corrected chi connectivity index (χ3v) is 4.73. The van der Waals surface area contributed by atoms with Crippen molar-refractivity contribution in [3.8, 4) is 11.5 Å². The van der Waals surface area contributed by atoms with Crippen molar-refractivity contribution in [2.75, 3.05) is 32.7 Å². The molecule has 0 radical (unpaired) electrons. The Morgan fingerprint density at radius 3 is 2.63 bits per heavy atom. The molecule has 1 aliphatic heterocycles. The lowest BCUT2D eigenvalue weighted by Crippen LogP contribution is -2.23. The molecule has 0 unspecified atom stereocenters. The minimum atomic E-state index is -0.519. The van der Waals surface area contributed by atoms with E-state index in [1.165, 1.54) is 20.3 Å². The van der Waals surface area contributed by atoms with Crippen LogP contribution in [0.5, 0.6) is 11.5 Å². The molecule has 0 bridgehead atoms. The van der Waals surface area contributed by atoms with Gasteiger partial charge in [0, 0.05) is 30.8 Å². The second-order valence-electron chi connectivity index (χ2n) is 6.80. The Labute approximate surface area is 174 Å². The van der Waals surface area contributed by atoms with Crippen molar-refractivity contribution in [3.63, 3.8) is 0 Å². The van der Waals surface area contributed by atoms with Crippen LogP contribution in [-0.4, -0.2) is 50.1 Å². The lowest BCUT2D eigenvalue weighted by Gasteiger charge is -2.16.